The Kier molecular flexibility index (Phi) is 3.56. The van der Waals surface area contributed by atoms with Crippen molar-refractivity contribution in [2.45, 2.75) is 43.7 Å². The first-order valence-electron chi connectivity index (χ1n) is 6.34. The van der Waals surface area contributed by atoms with Crippen molar-refractivity contribution in [3.05, 3.63) is 35.4 Å². The monoisotopic (exact) mass is 270 g/mol. The maximum atomic E-state index is 12.8. The lowest BCUT2D eigenvalue weighted by Crippen LogP contribution is -2.29. The molecule has 3 N–H and O–H groups in total. The topological polar surface area (TPSA) is 49.9 Å². The molecule has 0 heterocycles. The normalized spacial score (nSPS) is 18.5. The number of benzene rings is 1. The number of nitrogens with two attached hydrogens (primary N) is 1. The van der Waals surface area contributed by atoms with Gasteiger partial charge in [0.05, 0.1) is 11.4 Å². The zero-order valence-electron chi connectivity index (χ0n) is 10.6. The molecule has 19 heavy (non-hydrogen) atoms. The Morgan fingerprint density at radius 3 is 2.42 bits per heavy atom. The second kappa shape index (κ2) is 4.87. The summed E-state index contributed by atoms with van der Waals surface area (Å²) in [6.45, 7) is 0. The van der Waals surface area contributed by atoms with Crippen LogP contribution in [0.2, 0.25) is 0 Å². The maximum Gasteiger partial charge on any atom is 0.416 e. The predicted molar refractivity (Wildman–Crippen MR) is 68.1 cm³/mol. The molecule has 2 rings (SSSR count). The Balaban J connectivity index is 2.40. The zero-order chi connectivity index (χ0) is 14.1. The molecule has 1 aliphatic rings. The molecule has 0 unspecified atom stereocenters. The van der Waals surface area contributed by atoms with Crippen molar-refractivity contribution in [1.82, 2.24) is 0 Å². The molecule has 104 valence electrons. The Morgan fingerprint density at radius 1 is 1.26 bits per heavy atom. The second-order valence-electron chi connectivity index (χ2n) is 5.27. The van der Waals surface area contributed by atoms with E-state index in [1.807, 2.05) is 0 Å². The highest BCUT2D eigenvalue weighted by Gasteiger charge is 2.38. The van der Waals surface area contributed by atoms with Gasteiger partial charge < -0.3 is 5.73 Å². The van der Waals surface area contributed by atoms with Crippen LogP contribution in [0.1, 0.15) is 43.2 Å². The molecule has 2 nitrogen and oxygen atoms in total. The molecule has 1 fully saturated rings. The minimum absolute atomic E-state index is 0.0410. The minimum Gasteiger partial charge on any atom is -0.388 e. The van der Waals surface area contributed by atoms with Crippen LogP contribution >= 0.6 is 0 Å². The molecule has 0 aromatic heterocycles. The highest BCUT2D eigenvalue weighted by atomic mass is 19.4. The molecule has 1 saturated carbocycles. The summed E-state index contributed by atoms with van der Waals surface area (Å²) < 4.78 is 38.3. The van der Waals surface area contributed by atoms with Crippen LogP contribution in [0.15, 0.2) is 24.3 Å². The Hall–Kier alpha value is -1.52. The summed E-state index contributed by atoms with van der Waals surface area (Å²) >= 11 is 0. The largest absolute Gasteiger partial charge is 0.416 e. The molecule has 0 aliphatic heterocycles. The van der Waals surface area contributed by atoms with Crippen molar-refractivity contribution in [2.24, 2.45) is 5.73 Å². The third kappa shape index (κ3) is 2.91. The molecular formula is C14H17F3N2. The smallest absolute Gasteiger partial charge is 0.388 e. The molecule has 5 heteroatoms. The van der Waals surface area contributed by atoms with Gasteiger partial charge in [-0.3, -0.25) is 5.41 Å². The fourth-order valence-electron chi connectivity index (χ4n) is 3.01. The molecule has 0 bridgehead atoms. The summed E-state index contributed by atoms with van der Waals surface area (Å²) in [6, 6.07) is 5.47. The van der Waals surface area contributed by atoms with Crippen molar-refractivity contribution in [2.75, 3.05) is 0 Å². The summed E-state index contributed by atoms with van der Waals surface area (Å²) in [6.07, 6.45) is -0.435. The average molecular weight is 270 g/mol. The van der Waals surface area contributed by atoms with Crippen LogP contribution in [0.5, 0.6) is 0 Å². The number of amidine groups is 1. The zero-order valence-corrected chi connectivity index (χ0v) is 10.6. The quantitative estimate of drug-likeness (QED) is 0.636. The van der Waals surface area contributed by atoms with Crippen molar-refractivity contribution in [3.63, 3.8) is 0 Å². The molecule has 1 aromatic carbocycles. The SMILES string of the molecule is N=C(N)CC1(c2cccc(C(F)(F)F)c2)CCCC1. The second-order valence-corrected chi connectivity index (χ2v) is 5.27. The van der Waals surface area contributed by atoms with E-state index in [0.29, 0.717) is 12.0 Å². The average Bonchev–Trinajstić information content (AvgIpc) is 2.77. The van der Waals surface area contributed by atoms with Gasteiger partial charge in [-0.2, -0.15) is 13.2 Å². The standard InChI is InChI=1S/C14H17F3N2/c15-14(16,17)11-5-3-4-10(8-11)13(9-12(18)19)6-1-2-7-13/h3-5,8H,1-2,6-7,9H2,(H3,18,19). The van der Waals surface area contributed by atoms with E-state index in [9.17, 15) is 13.2 Å². The summed E-state index contributed by atoms with van der Waals surface area (Å²) in [5.41, 5.74) is 5.13. The lowest BCUT2D eigenvalue weighted by molar-refractivity contribution is -0.137. The summed E-state index contributed by atoms with van der Waals surface area (Å²) in [7, 11) is 0. The first-order chi connectivity index (χ1) is 8.83. The van der Waals surface area contributed by atoms with Crippen molar-refractivity contribution in [3.8, 4) is 0 Å². The van der Waals surface area contributed by atoms with Crippen molar-refractivity contribution in [1.29, 1.82) is 5.41 Å². The number of rotatable bonds is 3. The van der Waals surface area contributed by atoms with E-state index in [1.165, 1.54) is 12.1 Å². The molecular weight excluding hydrogens is 253 g/mol. The summed E-state index contributed by atoms with van der Waals surface area (Å²) in [4.78, 5) is 0. The molecule has 0 amide bonds. The third-order valence-electron chi connectivity index (χ3n) is 3.89. The van der Waals surface area contributed by atoms with E-state index in [4.69, 9.17) is 11.1 Å². The van der Waals surface area contributed by atoms with Gasteiger partial charge in [0, 0.05) is 11.8 Å². The summed E-state index contributed by atoms with van der Waals surface area (Å²) in [5, 5.41) is 7.47. The molecule has 0 spiro atoms. The molecule has 1 aromatic rings. The number of alkyl halides is 3. The van der Waals surface area contributed by atoms with Crippen LogP contribution in [0, 0.1) is 5.41 Å². The van der Waals surface area contributed by atoms with E-state index < -0.39 is 11.7 Å². The maximum absolute atomic E-state index is 12.8. The van der Waals surface area contributed by atoms with E-state index >= 15 is 0 Å². The van der Waals surface area contributed by atoms with Gasteiger partial charge >= 0.3 is 6.18 Å². The van der Waals surface area contributed by atoms with E-state index in [2.05, 4.69) is 0 Å². The van der Waals surface area contributed by atoms with E-state index in [-0.39, 0.29) is 11.3 Å². The summed E-state index contributed by atoms with van der Waals surface area (Å²) in [5.74, 6) is 0.0410. The van der Waals surface area contributed by atoms with Crippen LogP contribution in [-0.2, 0) is 11.6 Å². The van der Waals surface area contributed by atoms with Gasteiger partial charge in [0.15, 0.2) is 0 Å². The number of halogens is 3. The Bertz CT molecular complexity index is 474. The number of hydrogen-bond acceptors (Lipinski definition) is 1. The molecule has 1 aliphatic carbocycles. The lowest BCUT2D eigenvalue weighted by atomic mass is 9.75. The van der Waals surface area contributed by atoms with Gasteiger partial charge in [0.2, 0.25) is 0 Å². The van der Waals surface area contributed by atoms with Gasteiger partial charge in [0.25, 0.3) is 0 Å². The van der Waals surface area contributed by atoms with Gasteiger partial charge in [-0.1, -0.05) is 31.0 Å². The van der Waals surface area contributed by atoms with Gasteiger partial charge in [-0.25, -0.2) is 0 Å². The van der Waals surface area contributed by atoms with Gasteiger partial charge in [-0.05, 0) is 24.5 Å². The first-order valence-corrected chi connectivity index (χ1v) is 6.34. The van der Waals surface area contributed by atoms with Crippen molar-refractivity contribution < 1.29 is 13.2 Å². The van der Waals surface area contributed by atoms with Crippen LogP contribution in [0.3, 0.4) is 0 Å². The van der Waals surface area contributed by atoms with Gasteiger partial charge in [0.1, 0.15) is 0 Å². The fourth-order valence-corrected chi connectivity index (χ4v) is 3.01. The van der Waals surface area contributed by atoms with Crippen LogP contribution in [0.4, 0.5) is 13.2 Å². The molecule has 0 atom stereocenters. The number of nitrogens with one attached hydrogen (secondary N) is 1. The third-order valence-corrected chi connectivity index (χ3v) is 3.89. The van der Waals surface area contributed by atoms with Crippen LogP contribution in [0.25, 0.3) is 0 Å². The Labute approximate surface area is 110 Å². The minimum atomic E-state index is -4.33. The fraction of sp³-hybridized carbons (Fsp3) is 0.500. The Morgan fingerprint density at radius 2 is 1.89 bits per heavy atom. The molecule has 0 radical (unpaired) electrons. The van der Waals surface area contributed by atoms with E-state index in [0.717, 1.165) is 31.7 Å². The van der Waals surface area contributed by atoms with Crippen LogP contribution in [-0.4, -0.2) is 5.84 Å². The highest BCUT2D eigenvalue weighted by molar-refractivity contribution is 5.78. The van der Waals surface area contributed by atoms with Crippen LogP contribution < -0.4 is 5.73 Å². The van der Waals surface area contributed by atoms with Gasteiger partial charge in [-0.15, -0.1) is 0 Å². The first kappa shape index (κ1) is 13.9. The number of hydrogen-bond donors (Lipinski definition) is 2. The van der Waals surface area contributed by atoms with E-state index in [1.54, 1.807) is 6.07 Å². The lowest BCUT2D eigenvalue weighted by Gasteiger charge is -2.29. The van der Waals surface area contributed by atoms with Crippen molar-refractivity contribution >= 4 is 5.84 Å². The highest BCUT2D eigenvalue weighted by Crippen LogP contribution is 2.45. The predicted octanol–water partition coefficient (Wildman–Crippen LogP) is 3.84. The molecule has 0 saturated heterocycles.